The second-order valence-corrected chi connectivity index (χ2v) is 17.3. The number of halogens is 3. The van der Waals surface area contributed by atoms with Gasteiger partial charge < -0.3 is 17.2 Å². The zero-order valence-corrected chi connectivity index (χ0v) is 23.4. The minimum atomic E-state index is -4.00. The molecular formula is C20H40F3GeN3Zr. The van der Waals surface area contributed by atoms with Gasteiger partial charge in [0.25, 0.3) is 0 Å². The monoisotopic (exact) mass is 543 g/mol. The van der Waals surface area contributed by atoms with Crippen LogP contribution in [0.1, 0.15) is 48.0 Å². The van der Waals surface area contributed by atoms with Crippen LogP contribution in [0.25, 0.3) is 17.2 Å². The van der Waals surface area contributed by atoms with E-state index in [9.17, 15) is 13.2 Å². The Labute approximate surface area is 193 Å². The van der Waals surface area contributed by atoms with Gasteiger partial charge in [0, 0.05) is 0 Å². The van der Waals surface area contributed by atoms with Crippen molar-refractivity contribution in [1.29, 1.82) is 0 Å². The Bertz CT molecular complexity index is 389. The van der Waals surface area contributed by atoms with Gasteiger partial charge in [-0.1, -0.05) is 59.3 Å². The molecule has 0 saturated carbocycles. The van der Waals surface area contributed by atoms with Crippen molar-refractivity contribution >= 4 is 13.3 Å². The summed E-state index contributed by atoms with van der Waals surface area (Å²) in [5.74, 6) is 4.37. The molecule has 0 bridgehead atoms. The Morgan fingerprint density at radius 1 is 0.893 bits per heavy atom. The molecule has 0 unspecified atom stereocenters. The van der Waals surface area contributed by atoms with Crippen LogP contribution < -0.4 is 0 Å². The minimum absolute atomic E-state index is 0. The zero-order chi connectivity index (χ0) is 22.3. The third-order valence-corrected chi connectivity index (χ3v) is 9.82. The number of alkyl halides is 3. The molecular weight excluding hydrogens is 503 g/mol. The van der Waals surface area contributed by atoms with E-state index in [0.717, 1.165) is 0 Å². The molecule has 1 aliphatic carbocycles. The number of hydrogen-bond acceptors (Lipinski definition) is 0. The van der Waals surface area contributed by atoms with Crippen LogP contribution in [0.15, 0.2) is 16.6 Å². The molecule has 0 atom stereocenters. The van der Waals surface area contributed by atoms with E-state index in [1.165, 1.54) is 11.5 Å². The largest absolute Gasteiger partial charge is 4.00 e. The van der Waals surface area contributed by atoms with Gasteiger partial charge in [-0.05, 0) is 0 Å². The van der Waals surface area contributed by atoms with E-state index >= 15 is 0 Å². The van der Waals surface area contributed by atoms with Crippen molar-refractivity contribution in [2.45, 2.75) is 64.5 Å². The first-order chi connectivity index (χ1) is 12.2. The van der Waals surface area contributed by atoms with Crippen molar-refractivity contribution in [2.24, 2.45) is 17.8 Å². The molecule has 0 heterocycles. The summed E-state index contributed by atoms with van der Waals surface area (Å²) in [6, 6.07) is 0. The molecule has 0 aromatic carbocycles. The van der Waals surface area contributed by atoms with E-state index in [0.29, 0.717) is 48.2 Å². The van der Waals surface area contributed by atoms with Gasteiger partial charge in [0.2, 0.25) is 0 Å². The summed E-state index contributed by atoms with van der Waals surface area (Å²) in [4.78, 5) is 0. The summed E-state index contributed by atoms with van der Waals surface area (Å²) >= 11 is -3.77. The molecule has 0 saturated heterocycles. The molecule has 3 N–H and O–H groups in total. The molecule has 164 valence electrons. The molecule has 0 amide bonds. The smallest absolute Gasteiger partial charge is 4.00 e. The van der Waals surface area contributed by atoms with E-state index in [1.54, 1.807) is 12.2 Å². The van der Waals surface area contributed by atoms with Gasteiger partial charge in [0.15, 0.2) is 0 Å². The van der Waals surface area contributed by atoms with E-state index < -0.39 is 18.3 Å². The fraction of sp³-hybridized carbons (Fsp3) is 0.800. The van der Waals surface area contributed by atoms with Crippen LogP contribution in [0.2, 0.25) is 11.5 Å². The van der Waals surface area contributed by atoms with Crippen molar-refractivity contribution in [2.75, 3.05) is 19.6 Å². The first-order valence-electron chi connectivity index (χ1n) is 9.45. The molecule has 0 aromatic rings. The zero-order valence-electron chi connectivity index (χ0n) is 18.8. The van der Waals surface area contributed by atoms with Crippen molar-refractivity contribution in [3.8, 4) is 0 Å². The summed E-state index contributed by atoms with van der Waals surface area (Å²) in [7, 11) is 0. The fourth-order valence-electron chi connectivity index (χ4n) is 0.987. The van der Waals surface area contributed by atoms with Crippen LogP contribution in [0.4, 0.5) is 13.2 Å². The number of allylic oxidation sites excluding steroid dienone is 4. The maximum Gasteiger partial charge on any atom is 4.00 e. The fourth-order valence-corrected chi connectivity index (χ4v) is 3.89. The molecule has 0 fully saturated rings. The predicted molar refractivity (Wildman–Crippen MR) is 116 cm³/mol. The first-order valence-corrected chi connectivity index (χ1v) is 15.7. The summed E-state index contributed by atoms with van der Waals surface area (Å²) in [6.07, 6.45) is 6.62. The van der Waals surface area contributed by atoms with Crippen LogP contribution in [-0.4, -0.2) is 37.9 Å². The van der Waals surface area contributed by atoms with Gasteiger partial charge >= 0.3 is 98.2 Å². The summed E-state index contributed by atoms with van der Waals surface area (Å²) in [6.45, 7) is 13.9. The Morgan fingerprint density at radius 3 is 1.32 bits per heavy atom. The number of rotatable bonds is 4. The van der Waals surface area contributed by atoms with E-state index in [4.69, 9.17) is 17.2 Å². The predicted octanol–water partition coefficient (Wildman–Crippen LogP) is 8.11. The molecule has 1 rings (SSSR count). The maximum atomic E-state index is 12.5. The molecule has 28 heavy (non-hydrogen) atoms. The van der Waals surface area contributed by atoms with Gasteiger partial charge in [-0.15, -0.1) is 19.6 Å². The Balaban J connectivity index is -0.000000153. The number of nitrogens with one attached hydrogen (secondary N) is 3. The Kier molecular flexibility index (Phi) is 25.1. The quantitative estimate of drug-likeness (QED) is 0.254. The topological polar surface area (TPSA) is 71.4 Å². The van der Waals surface area contributed by atoms with Gasteiger partial charge in [-0.25, -0.2) is 0 Å². The molecule has 1 aliphatic rings. The molecule has 0 aliphatic heterocycles. The van der Waals surface area contributed by atoms with Crippen LogP contribution in [0, 0.1) is 23.8 Å². The summed E-state index contributed by atoms with van der Waals surface area (Å²) in [5.41, 5.74) is 20.0. The van der Waals surface area contributed by atoms with Crippen molar-refractivity contribution in [1.82, 2.24) is 0 Å². The van der Waals surface area contributed by atoms with Gasteiger partial charge in [0.05, 0.1) is 0 Å². The standard InChI is InChI=1S/C8H10F3Ge.3C4H10N.Zr/c1-12(2,8(9,10)11)7-5-3-4-6-7;3*1-4(2)3-5;/h3,5H,4H2,1-2H3;3*4-5H,3H2,1-2H3;/q4*-1;+4. The van der Waals surface area contributed by atoms with Crippen LogP contribution in [-0.2, 0) is 26.2 Å². The Morgan fingerprint density at radius 2 is 1.18 bits per heavy atom. The van der Waals surface area contributed by atoms with Gasteiger partial charge in [-0.3, -0.25) is 0 Å². The van der Waals surface area contributed by atoms with E-state index in [2.05, 4.69) is 6.08 Å². The average molecular weight is 543 g/mol. The maximum absolute atomic E-state index is 12.5. The minimum Gasteiger partial charge on any atom is 4.00 e. The first kappa shape index (κ1) is 36.0. The van der Waals surface area contributed by atoms with Gasteiger partial charge in [-0.2, -0.15) is 0 Å². The molecule has 0 aromatic heterocycles. The van der Waals surface area contributed by atoms with Crippen LogP contribution >= 0.6 is 0 Å². The van der Waals surface area contributed by atoms with Crippen molar-refractivity contribution < 1.29 is 39.4 Å². The molecule has 3 nitrogen and oxygen atoms in total. The van der Waals surface area contributed by atoms with Gasteiger partial charge in [0.1, 0.15) is 0 Å². The van der Waals surface area contributed by atoms with E-state index in [-0.39, 0.29) is 26.2 Å². The third-order valence-electron chi connectivity index (χ3n) is 3.30. The normalized spacial score (nSPS) is 13.0. The molecule has 0 radical (unpaired) electrons. The SMILES string of the molecule is CC(C)C[NH-].CC(C)C[NH-].CC(C)C[NH-].[CH3][Ge]([CH3])([C]1=[C-]CC=C1)[C](F)(F)F.[Zr+4]. The second kappa shape index (κ2) is 19.5. The summed E-state index contributed by atoms with van der Waals surface area (Å²) < 4.78 is 37.9. The van der Waals surface area contributed by atoms with Crippen LogP contribution in [0.3, 0.4) is 0 Å². The molecule has 8 heteroatoms. The van der Waals surface area contributed by atoms with Crippen LogP contribution in [0.5, 0.6) is 0 Å². The second-order valence-electron chi connectivity index (χ2n) is 8.11. The van der Waals surface area contributed by atoms with Crippen molar-refractivity contribution in [3.63, 3.8) is 0 Å². The van der Waals surface area contributed by atoms with E-state index in [1.807, 2.05) is 41.5 Å². The van der Waals surface area contributed by atoms with Crippen molar-refractivity contribution in [3.05, 3.63) is 39.8 Å². The Hall–Kier alpha value is 0.576. The third kappa shape index (κ3) is 21.3. The number of hydrogen-bond donors (Lipinski definition) is 0. The molecule has 0 spiro atoms. The summed E-state index contributed by atoms with van der Waals surface area (Å²) in [5, 5.41) is -4.00. The average Bonchev–Trinajstić information content (AvgIpc) is 3.10.